The third-order valence-corrected chi connectivity index (χ3v) is 5.03. The first-order valence-corrected chi connectivity index (χ1v) is 9.43. The summed E-state index contributed by atoms with van der Waals surface area (Å²) in [7, 11) is -3.65. The molecule has 1 rings (SSSR count). The highest BCUT2D eigenvalue weighted by Crippen LogP contribution is 2.13. The maximum absolute atomic E-state index is 12.1. The summed E-state index contributed by atoms with van der Waals surface area (Å²) in [6.07, 6.45) is 1.52. The Hall–Kier alpha value is -1.93. The molecule has 2 amide bonds. The Labute approximate surface area is 143 Å². The van der Waals surface area contributed by atoms with Crippen molar-refractivity contribution in [3.63, 3.8) is 0 Å². The number of sulfonamides is 1. The lowest BCUT2D eigenvalue weighted by Gasteiger charge is -2.13. The van der Waals surface area contributed by atoms with E-state index in [1.54, 1.807) is 0 Å². The number of carbonyl (C=O) groups excluding carboxylic acids is 2. The topological polar surface area (TPSA) is 104 Å². The molecular formula is C16H25N3O4S. The van der Waals surface area contributed by atoms with E-state index >= 15 is 0 Å². The van der Waals surface area contributed by atoms with Crippen molar-refractivity contribution in [1.82, 2.24) is 10.0 Å². The Kier molecular flexibility index (Phi) is 7.87. The fourth-order valence-corrected chi connectivity index (χ4v) is 3.21. The first kappa shape index (κ1) is 20.1. The zero-order chi connectivity index (χ0) is 18.2. The van der Waals surface area contributed by atoms with E-state index in [1.807, 2.05) is 13.8 Å². The van der Waals surface area contributed by atoms with Crippen LogP contribution in [0.3, 0.4) is 0 Å². The van der Waals surface area contributed by atoms with Crippen molar-refractivity contribution < 1.29 is 18.0 Å². The molecule has 0 aromatic heterocycles. The number of hydrogen-bond donors (Lipinski definition) is 3. The van der Waals surface area contributed by atoms with Crippen molar-refractivity contribution in [2.45, 2.75) is 38.5 Å². The van der Waals surface area contributed by atoms with Crippen LogP contribution in [0.2, 0.25) is 0 Å². The van der Waals surface area contributed by atoms with Gasteiger partial charge in [0.05, 0.1) is 4.90 Å². The first-order chi connectivity index (χ1) is 11.3. The van der Waals surface area contributed by atoms with Crippen LogP contribution in [0, 0.1) is 5.92 Å². The number of rotatable bonds is 9. The van der Waals surface area contributed by atoms with E-state index in [1.165, 1.54) is 31.2 Å². The average molecular weight is 355 g/mol. The molecule has 0 bridgehead atoms. The summed E-state index contributed by atoms with van der Waals surface area (Å²) >= 11 is 0. The number of hydrogen-bond acceptors (Lipinski definition) is 4. The van der Waals surface area contributed by atoms with Gasteiger partial charge in [0.2, 0.25) is 21.8 Å². The van der Waals surface area contributed by atoms with Gasteiger partial charge in [0.25, 0.3) is 0 Å². The van der Waals surface area contributed by atoms with Crippen LogP contribution < -0.4 is 15.4 Å². The summed E-state index contributed by atoms with van der Waals surface area (Å²) in [4.78, 5) is 22.8. The summed E-state index contributed by atoms with van der Waals surface area (Å²) < 4.78 is 26.7. The molecule has 1 aromatic carbocycles. The van der Waals surface area contributed by atoms with Gasteiger partial charge >= 0.3 is 0 Å². The highest BCUT2D eigenvalue weighted by Gasteiger charge is 2.15. The molecule has 0 aliphatic carbocycles. The fraction of sp³-hybridized carbons (Fsp3) is 0.500. The molecule has 1 aromatic rings. The molecular weight excluding hydrogens is 330 g/mol. The molecule has 3 N–H and O–H groups in total. The van der Waals surface area contributed by atoms with Gasteiger partial charge in [-0.05, 0) is 37.1 Å². The standard InChI is InChI=1S/C16H25N3O4S/c1-4-13(5-2)16(21)17-10-11-18-24(22,23)15-8-6-14(7-9-15)19-12(3)20/h6-9,13,18H,4-5,10-11H2,1-3H3,(H,17,21)(H,19,20). The normalized spacial score (nSPS) is 11.3. The van der Waals surface area contributed by atoms with E-state index in [0.29, 0.717) is 5.69 Å². The van der Waals surface area contributed by atoms with E-state index in [0.717, 1.165) is 12.8 Å². The second kappa shape index (κ2) is 9.39. The third-order valence-electron chi connectivity index (χ3n) is 3.56. The number of benzene rings is 1. The Morgan fingerprint density at radius 3 is 2.12 bits per heavy atom. The number of amides is 2. The van der Waals surface area contributed by atoms with Crippen molar-refractivity contribution in [2.75, 3.05) is 18.4 Å². The van der Waals surface area contributed by atoms with Gasteiger partial charge in [-0.2, -0.15) is 0 Å². The minimum absolute atomic E-state index is 0.0390. The maximum atomic E-state index is 12.1. The largest absolute Gasteiger partial charge is 0.355 e. The smallest absolute Gasteiger partial charge is 0.240 e. The minimum atomic E-state index is -3.65. The Morgan fingerprint density at radius 1 is 1.04 bits per heavy atom. The molecule has 0 unspecified atom stereocenters. The number of nitrogens with one attached hydrogen (secondary N) is 3. The molecule has 0 saturated carbocycles. The lowest BCUT2D eigenvalue weighted by molar-refractivity contribution is -0.125. The summed E-state index contributed by atoms with van der Waals surface area (Å²) in [5, 5.41) is 5.29. The Bertz CT molecular complexity index is 652. The Balaban J connectivity index is 2.52. The molecule has 0 spiro atoms. The SMILES string of the molecule is CCC(CC)C(=O)NCCNS(=O)(=O)c1ccc(NC(C)=O)cc1. The van der Waals surface area contributed by atoms with Crippen LogP contribution in [0.15, 0.2) is 29.2 Å². The molecule has 8 heteroatoms. The molecule has 0 saturated heterocycles. The summed E-state index contributed by atoms with van der Waals surface area (Å²) in [5.41, 5.74) is 0.527. The number of carbonyl (C=O) groups is 2. The van der Waals surface area contributed by atoms with Gasteiger partial charge in [0.15, 0.2) is 0 Å². The van der Waals surface area contributed by atoms with Crippen LogP contribution in [0.25, 0.3) is 0 Å². The van der Waals surface area contributed by atoms with Crippen LogP contribution in [0.1, 0.15) is 33.6 Å². The fourth-order valence-electron chi connectivity index (χ4n) is 2.18. The van der Waals surface area contributed by atoms with Gasteiger partial charge in [0, 0.05) is 31.6 Å². The maximum Gasteiger partial charge on any atom is 0.240 e. The molecule has 0 fully saturated rings. The minimum Gasteiger partial charge on any atom is -0.355 e. The van der Waals surface area contributed by atoms with Gasteiger partial charge < -0.3 is 10.6 Å². The van der Waals surface area contributed by atoms with E-state index in [4.69, 9.17) is 0 Å². The van der Waals surface area contributed by atoms with Gasteiger partial charge in [0.1, 0.15) is 0 Å². The molecule has 7 nitrogen and oxygen atoms in total. The molecule has 0 atom stereocenters. The van der Waals surface area contributed by atoms with Crippen molar-refractivity contribution in [1.29, 1.82) is 0 Å². The second-order valence-electron chi connectivity index (χ2n) is 5.41. The second-order valence-corrected chi connectivity index (χ2v) is 7.17. The summed E-state index contributed by atoms with van der Waals surface area (Å²) in [5.74, 6) is -0.321. The van der Waals surface area contributed by atoms with Gasteiger partial charge in [-0.15, -0.1) is 0 Å². The van der Waals surface area contributed by atoms with Crippen LogP contribution >= 0.6 is 0 Å². The Morgan fingerprint density at radius 2 is 1.62 bits per heavy atom. The van der Waals surface area contributed by atoms with E-state index in [9.17, 15) is 18.0 Å². The number of anilines is 1. The molecule has 0 aliphatic heterocycles. The van der Waals surface area contributed by atoms with Crippen LogP contribution in [-0.2, 0) is 19.6 Å². The zero-order valence-corrected chi connectivity index (χ0v) is 15.1. The lowest BCUT2D eigenvalue weighted by Crippen LogP contribution is -2.37. The van der Waals surface area contributed by atoms with E-state index < -0.39 is 10.0 Å². The average Bonchev–Trinajstić information content (AvgIpc) is 2.53. The molecule has 24 heavy (non-hydrogen) atoms. The highest BCUT2D eigenvalue weighted by molar-refractivity contribution is 7.89. The summed E-state index contributed by atoms with van der Waals surface area (Å²) in [6, 6.07) is 5.86. The monoisotopic (exact) mass is 355 g/mol. The van der Waals surface area contributed by atoms with Crippen molar-refractivity contribution in [2.24, 2.45) is 5.92 Å². The first-order valence-electron chi connectivity index (χ1n) is 7.95. The molecule has 0 aliphatic rings. The van der Waals surface area contributed by atoms with Crippen LogP contribution in [0.4, 0.5) is 5.69 Å². The van der Waals surface area contributed by atoms with Gasteiger partial charge in [-0.1, -0.05) is 13.8 Å². The van der Waals surface area contributed by atoms with Crippen LogP contribution in [0.5, 0.6) is 0 Å². The summed E-state index contributed by atoms with van der Waals surface area (Å²) in [6.45, 7) is 5.62. The third kappa shape index (κ3) is 6.29. The molecule has 0 heterocycles. The van der Waals surface area contributed by atoms with E-state index in [-0.39, 0.29) is 35.7 Å². The molecule has 134 valence electrons. The van der Waals surface area contributed by atoms with Gasteiger partial charge in [-0.3, -0.25) is 9.59 Å². The molecule has 0 radical (unpaired) electrons. The van der Waals surface area contributed by atoms with Gasteiger partial charge in [-0.25, -0.2) is 13.1 Å². The highest BCUT2D eigenvalue weighted by atomic mass is 32.2. The lowest BCUT2D eigenvalue weighted by atomic mass is 10.0. The van der Waals surface area contributed by atoms with Crippen molar-refractivity contribution in [3.05, 3.63) is 24.3 Å². The quantitative estimate of drug-likeness (QED) is 0.584. The van der Waals surface area contributed by atoms with E-state index in [2.05, 4.69) is 15.4 Å². The van der Waals surface area contributed by atoms with Crippen molar-refractivity contribution >= 4 is 27.5 Å². The predicted molar refractivity (Wildman–Crippen MR) is 93.0 cm³/mol. The van der Waals surface area contributed by atoms with Crippen molar-refractivity contribution in [3.8, 4) is 0 Å². The van der Waals surface area contributed by atoms with Crippen LogP contribution in [-0.4, -0.2) is 33.3 Å². The predicted octanol–water partition coefficient (Wildman–Crippen LogP) is 1.48. The zero-order valence-electron chi connectivity index (χ0n) is 14.3.